The Balaban J connectivity index is 1.35. The number of halogens is 3. The minimum Gasteiger partial charge on any atom is -0.339 e. The first-order valence-corrected chi connectivity index (χ1v) is 11.5. The second-order valence-corrected chi connectivity index (χ2v) is 9.30. The molecule has 2 aliphatic heterocycles. The minimum absolute atomic E-state index is 0.0221. The molecule has 1 spiro atoms. The predicted molar refractivity (Wildman–Crippen MR) is 117 cm³/mol. The summed E-state index contributed by atoms with van der Waals surface area (Å²) >= 11 is 0. The van der Waals surface area contributed by atoms with Gasteiger partial charge in [0.1, 0.15) is 23.0 Å². The number of likely N-dealkylation sites (tertiary alicyclic amines) is 1. The Hall–Kier alpha value is -2.54. The SMILES string of the molecule is O=C1NCN(c2ccc(F)cc2)C12CCN([C@@H]1CCCC[C@@H]1c1cc(F)cc(F)c1)CC2. The number of nitrogens with one attached hydrogen (secondary N) is 1. The van der Waals surface area contributed by atoms with Crippen molar-refractivity contribution in [1.82, 2.24) is 10.2 Å². The van der Waals surface area contributed by atoms with Gasteiger partial charge in [-0.3, -0.25) is 9.69 Å². The van der Waals surface area contributed by atoms with Crippen molar-refractivity contribution in [3.63, 3.8) is 0 Å². The summed E-state index contributed by atoms with van der Waals surface area (Å²) in [7, 11) is 0. The molecular weight excluding hydrogens is 415 g/mol. The van der Waals surface area contributed by atoms with Crippen LogP contribution in [-0.4, -0.2) is 42.1 Å². The fourth-order valence-corrected chi connectivity index (χ4v) is 6.00. The van der Waals surface area contributed by atoms with Crippen molar-refractivity contribution < 1.29 is 18.0 Å². The van der Waals surface area contributed by atoms with E-state index in [2.05, 4.69) is 15.1 Å². The first-order chi connectivity index (χ1) is 15.5. The monoisotopic (exact) mass is 443 g/mol. The summed E-state index contributed by atoms with van der Waals surface area (Å²) in [6, 6.07) is 10.4. The number of benzene rings is 2. The molecule has 4 nitrogen and oxygen atoms in total. The molecular formula is C25H28F3N3O. The number of hydrogen-bond donors (Lipinski definition) is 1. The molecule has 170 valence electrons. The Morgan fingerprint density at radius 1 is 0.875 bits per heavy atom. The van der Waals surface area contributed by atoms with E-state index in [-0.39, 0.29) is 23.7 Å². The van der Waals surface area contributed by atoms with Gasteiger partial charge in [0, 0.05) is 30.9 Å². The molecule has 1 aliphatic carbocycles. The van der Waals surface area contributed by atoms with E-state index in [4.69, 9.17) is 0 Å². The molecule has 0 aromatic heterocycles. The molecule has 2 aromatic carbocycles. The van der Waals surface area contributed by atoms with Crippen molar-refractivity contribution in [1.29, 1.82) is 0 Å². The number of hydrogen-bond acceptors (Lipinski definition) is 3. The van der Waals surface area contributed by atoms with E-state index in [1.54, 1.807) is 12.1 Å². The van der Waals surface area contributed by atoms with Gasteiger partial charge in [-0.05, 0) is 73.6 Å². The summed E-state index contributed by atoms with van der Waals surface area (Å²) in [5, 5.41) is 2.98. The van der Waals surface area contributed by atoms with Crippen LogP contribution in [0.2, 0.25) is 0 Å². The largest absolute Gasteiger partial charge is 0.339 e. The second kappa shape index (κ2) is 8.43. The lowest BCUT2D eigenvalue weighted by Crippen LogP contribution is -2.58. The Labute approximate surface area is 186 Å². The first kappa shape index (κ1) is 21.3. The summed E-state index contributed by atoms with van der Waals surface area (Å²) in [4.78, 5) is 17.4. The Kier molecular flexibility index (Phi) is 5.61. The fourth-order valence-electron chi connectivity index (χ4n) is 6.00. The zero-order valence-electron chi connectivity index (χ0n) is 18.0. The van der Waals surface area contributed by atoms with E-state index in [9.17, 15) is 18.0 Å². The lowest BCUT2D eigenvalue weighted by molar-refractivity contribution is -0.125. The summed E-state index contributed by atoms with van der Waals surface area (Å²) < 4.78 is 41.2. The van der Waals surface area contributed by atoms with Gasteiger partial charge in [0.2, 0.25) is 5.91 Å². The van der Waals surface area contributed by atoms with Gasteiger partial charge < -0.3 is 10.2 Å². The third-order valence-electron chi connectivity index (χ3n) is 7.61. The van der Waals surface area contributed by atoms with Crippen LogP contribution in [0.25, 0.3) is 0 Å². The number of anilines is 1. The average Bonchev–Trinajstić information content (AvgIpc) is 3.10. The quantitative estimate of drug-likeness (QED) is 0.756. The third kappa shape index (κ3) is 3.76. The maximum atomic E-state index is 13.9. The van der Waals surface area contributed by atoms with Gasteiger partial charge in [0.05, 0.1) is 6.67 Å². The van der Waals surface area contributed by atoms with Crippen LogP contribution in [0.3, 0.4) is 0 Å². The van der Waals surface area contributed by atoms with E-state index in [1.165, 1.54) is 24.3 Å². The van der Waals surface area contributed by atoms with Crippen molar-refractivity contribution in [2.75, 3.05) is 24.7 Å². The molecule has 2 aromatic rings. The molecule has 0 radical (unpaired) electrons. The Bertz CT molecular complexity index is 968. The summed E-state index contributed by atoms with van der Waals surface area (Å²) in [5.41, 5.74) is 0.937. The Morgan fingerprint density at radius 3 is 2.22 bits per heavy atom. The van der Waals surface area contributed by atoms with Gasteiger partial charge in [-0.25, -0.2) is 13.2 Å². The molecule has 0 unspecified atom stereocenters. The summed E-state index contributed by atoms with van der Waals surface area (Å²) in [6.07, 6.45) is 5.38. The molecule has 2 atom stereocenters. The molecule has 1 amide bonds. The highest BCUT2D eigenvalue weighted by molar-refractivity contribution is 5.93. The van der Waals surface area contributed by atoms with E-state index in [0.29, 0.717) is 19.5 Å². The van der Waals surface area contributed by atoms with Crippen molar-refractivity contribution in [2.24, 2.45) is 0 Å². The molecule has 32 heavy (non-hydrogen) atoms. The molecule has 2 saturated heterocycles. The number of carbonyl (C=O) groups excluding carboxylic acids is 1. The summed E-state index contributed by atoms with van der Waals surface area (Å²) in [5.74, 6) is -1.24. The predicted octanol–water partition coefficient (Wildman–Crippen LogP) is 4.56. The Morgan fingerprint density at radius 2 is 1.53 bits per heavy atom. The molecule has 5 rings (SSSR count). The van der Waals surface area contributed by atoms with E-state index < -0.39 is 17.2 Å². The van der Waals surface area contributed by atoms with Crippen molar-refractivity contribution in [3.8, 4) is 0 Å². The molecule has 1 N–H and O–H groups in total. The lowest BCUT2D eigenvalue weighted by Gasteiger charge is -2.48. The molecule has 2 heterocycles. The normalized spacial score (nSPS) is 25.8. The highest BCUT2D eigenvalue weighted by Crippen LogP contribution is 2.41. The number of amides is 1. The third-order valence-corrected chi connectivity index (χ3v) is 7.61. The zero-order chi connectivity index (χ0) is 22.3. The van der Waals surface area contributed by atoms with Gasteiger partial charge in [-0.2, -0.15) is 0 Å². The van der Waals surface area contributed by atoms with Gasteiger partial charge in [-0.1, -0.05) is 12.8 Å². The first-order valence-electron chi connectivity index (χ1n) is 11.5. The van der Waals surface area contributed by atoms with Crippen LogP contribution in [0, 0.1) is 17.5 Å². The maximum Gasteiger partial charge on any atom is 0.247 e. The van der Waals surface area contributed by atoms with E-state index in [1.807, 2.05) is 0 Å². The highest BCUT2D eigenvalue weighted by atomic mass is 19.1. The average molecular weight is 444 g/mol. The molecule has 3 aliphatic rings. The van der Waals surface area contributed by atoms with Crippen LogP contribution in [-0.2, 0) is 4.79 Å². The fraction of sp³-hybridized carbons (Fsp3) is 0.480. The molecule has 3 fully saturated rings. The van der Waals surface area contributed by atoms with Crippen LogP contribution in [0.15, 0.2) is 42.5 Å². The molecule has 0 bridgehead atoms. The number of piperidine rings is 1. The van der Waals surface area contributed by atoms with E-state index in [0.717, 1.165) is 56.1 Å². The van der Waals surface area contributed by atoms with Crippen LogP contribution in [0.5, 0.6) is 0 Å². The minimum atomic E-state index is -0.635. The maximum absolute atomic E-state index is 13.9. The lowest BCUT2D eigenvalue weighted by atomic mass is 9.77. The zero-order valence-corrected chi connectivity index (χ0v) is 18.0. The van der Waals surface area contributed by atoms with Gasteiger partial charge in [0.15, 0.2) is 0 Å². The van der Waals surface area contributed by atoms with Crippen molar-refractivity contribution in [2.45, 2.75) is 56.0 Å². The topological polar surface area (TPSA) is 35.6 Å². The van der Waals surface area contributed by atoms with Crippen molar-refractivity contribution in [3.05, 3.63) is 65.5 Å². The highest BCUT2D eigenvalue weighted by Gasteiger charge is 2.51. The smallest absolute Gasteiger partial charge is 0.247 e. The second-order valence-electron chi connectivity index (χ2n) is 9.30. The van der Waals surface area contributed by atoms with Crippen LogP contribution < -0.4 is 10.2 Å². The van der Waals surface area contributed by atoms with Crippen LogP contribution in [0.4, 0.5) is 18.9 Å². The summed E-state index contributed by atoms with van der Waals surface area (Å²) in [6.45, 7) is 1.90. The molecule has 7 heteroatoms. The standard InChI is InChI=1S/C25H28F3N3O/c26-18-5-7-21(8-6-18)31-16-29-24(32)25(31)9-11-30(12-10-25)23-4-2-1-3-22(23)17-13-19(27)15-20(28)14-17/h5-8,13-15,22-23H,1-4,9-12,16H2,(H,29,32)/t22-,23-/m1/s1. The van der Waals surface area contributed by atoms with Gasteiger partial charge >= 0.3 is 0 Å². The van der Waals surface area contributed by atoms with Crippen molar-refractivity contribution >= 4 is 11.6 Å². The van der Waals surface area contributed by atoms with Crippen LogP contribution in [0.1, 0.15) is 50.0 Å². The number of nitrogens with zero attached hydrogens (tertiary/aromatic N) is 2. The van der Waals surface area contributed by atoms with Crippen LogP contribution >= 0.6 is 0 Å². The number of rotatable bonds is 3. The number of carbonyl (C=O) groups is 1. The van der Waals surface area contributed by atoms with E-state index >= 15 is 0 Å². The molecule has 1 saturated carbocycles. The van der Waals surface area contributed by atoms with Gasteiger partial charge in [-0.15, -0.1) is 0 Å². The van der Waals surface area contributed by atoms with Gasteiger partial charge in [0.25, 0.3) is 0 Å².